The monoisotopic (exact) mass is 227 g/mol. The molecule has 0 unspecified atom stereocenters. The van der Waals surface area contributed by atoms with Crippen LogP contribution in [0.25, 0.3) is 0 Å². The van der Waals surface area contributed by atoms with Crippen molar-refractivity contribution in [3.63, 3.8) is 0 Å². The number of rotatable bonds is 4. The van der Waals surface area contributed by atoms with E-state index in [1.165, 1.54) is 25.7 Å². The van der Waals surface area contributed by atoms with Crippen molar-refractivity contribution < 1.29 is 9.53 Å². The fourth-order valence-corrected chi connectivity index (χ4v) is 2.36. The minimum absolute atomic E-state index is 0.102. The predicted octanol–water partition coefficient (Wildman–Crippen LogP) is 2.45. The summed E-state index contributed by atoms with van der Waals surface area (Å²) in [7, 11) is 2.03. The third kappa shape index (κ3) is 4.12. The van der Waals surface area contributed by atoms with Gasteiger partial charge in [0.2, 0.25) is 0 Å². The van der Waals surface area contributed by atoms with E-state index in [2.05, 4.69) is 18.7 Å². The number of carbonyl (C=O) groups excluding carboxylic acids is 1. The van der Waals surface area contributed by atoms with E-state index in [0.717, 1.165) is 0 Å². The molecular formula is C13H25NO2. The number of carbonyl (C=O) groups is 1. The Morgan fingerprint density at radius 3 is 2.44 bits per heavy atom. The largest absolute Gasteiger partial charge is 0.465 e. The molecule has 3 nitrogen and oxygen atoms in total. The van der Waals surface area contributed by atoms with Gasteiger partial charge in [-0.2, -0.15) is 0 Å². The molecule has 0 aliphatic heterocycles. The molecule has 0 heterocycles. The Balaban J connectivity index is 2.33. The van der Waals surface area contributed by atoms with Gasteiger partial charge in [-0.1, -0.05) is 13.8 Å². The van der Waals surface area contributed by atoms with Crippen LogP contribution < -0.4 is 0 Å². The summed E-state index contributed by atoms with van der Waals surface area (Å²) < 4.78 is 4.96. The minimum atomic E-state index is -0.102. The molecule has 1 rings (SSSR count). The quantitative estimate of drug-likeness (QED) is 0.691. The highest BCUT2D eigenvalue weighted by atomic mass is 16.5. The maximum atomic E-state index is 11.4. The molecule has 3 heteroatoms. The highest BCUT2D eigenvalue weighted by Gasteiger charge is 2.29. The van der Waals surface area contributed by atoms with E-state index in [0.29, 0.717) is 24.6 Å². The Bertz CT molecular complexity index is 228. The molecule has 0 amide bonds. The van der Waals surface area contributed by atoms with Crippen LogP contribution in [0.2, 0.25) is 0 Å². The average Bonchev–Trinajstić information content (AvgIpc) is 2.17. The van der Waals surface area contributed by atoms with Gasteiger partial charge in [-0.05, 0) is 45.1 Å². The molecular weight excluding hydrogens is 202 g/mol. The van der Waals surface area contributed by atoms with E-state index >= 15 is 0 Å². The molecule has 0 aromatic rings. The Morgan fingerprint density at radius 1 is 1.38 bits per heavy atom. The normalized spacial score (nSPS) is 21.1. The Kier molecular flexibility index (Phi) is 4.78. The van der Waals surface area contributed by atoms with Crippen molar-refractivity contribution in [2.45, 2.75) is 52.5 Å². The molecule has 1 saturated carbocycles. The lowest BCUT2D eigenvalue weighted by Crippen LogP contribution is -2.40. The van der Waals surface area contributed by atoms with E-state index in [4.69, 9.17) is 4.74 Å². The van der Waals surface area contributed by atoms with E-state index in [1.54, 1.807) is 0 Å². The van der Waals surface area contributed by atoms with Gasteiger partial charge in [-0.3, -0.25) is 9.69 Å². The summed E-state index contributed by atoms with van der Waals surface area (Å²) in [6.07, 6.45) is 4.90. The van der Waals surface area contributed by atoms with Crippen LogP contribution in [0.15, 0.2) is 0 Å². The summed E-state index contributed by atoms with van der Waals surface area (Å²) in [6.45, 7) is 7.41. The molecule has 0 bridgehead atoms. The predicted molar refractivity (Wildman–Crippen MR) is 65.3 cm³/mol. The first-order valence-corrected chi connectivity index (χ1v) is 6.30. The number of ether oxygens (including phenoxy) is 1. The second-order valence-corrected chi connectivity index (χ2v) is 5.62. The molecule has 0 saturated heterocycles. The minimum Gasteiger partial charge on any atom is -0.465 e. The summed E-state index contributed by atoms with van der Waals surface area (Å²) in [4.78, 5) is 13.5. The van der Waals surface area contributed by atoms with Crippen LogP contribution in [-0.2, 0) is 9.53 Å². The summed E-state index contributed by atoms with van der Waals surface area (Å²) in [6, 6.07) is 0.553. The molecule has 0 aromatic carbocycles. The highest BCUT2D eigenvalue weighted by Crippen LogP contribution is 2.36. The van der Waals surface area contributed by atoms with Crippen LogP contribution in [0.3, 0.4) is 0 Å². The Hall–Kier alpha value is -0.570. The lowest BCUT2D eigenvalue weighted by molar-refractivity contribution is -0.144. The molecule has 16 heavy (non-hydrogen) atoms. The SMILES string of the molecule is CCOC(=O)CN(C)C1CCC(C)(C)CC1. The van der Waals surface area contributed by atoms with Crippen molar-refractivity contribution in [2.24, 2.45) is 5.41 Å². The van der Waals surface area contributed by atoms with Gasteiger partial charge in [0.15, 0.2) is 0 Å². The van der Waals surface area contributed by atoms with Crippen molar-refractivity contribution in [1.29, 1.82) is 0 Å². The van der Waals surface area contributed by atoms with Crippen molar-refractivity contribution in [2.75, 3.05) is 20.2 Å². The van der Waals surface area contributed by atoms with Gasteiger partial charge in [-0.25, -0.2) is 0 Å². The number of nitrogens with zero attached hydrogens (tertiary/aromatic N) is 1. The summed E-state index contributed by atoms with van der Waals surface area (Å²) in [5.41, 5.74) is 0.487. The first-order chi connectivity index (χ1) is 7.44. The molecule has 0 aromatic heterocycles. The Morgan fingerprint density at radius 2 is 1.94 bits per heavy atom. The van der Waals surface area contributed by atoms with Crippen molar-refractivity contribution >= 4 is 5.97 Å². The molecule has 0 radical (unpaired) electrons. The summed E-state index contributed by atoms with van der Waals surface area (Å²) in [5, 5.41) is 0. The smallest absolute Gasteiger partial charge is 0.320 e. The zero-order valence-corrected chi connectivity index (χ0v) is 11.1. The van der Waals surface area contributed by atoms with E-state index in [9.17, 15) is 4.79 Å². The second kappa shape index (κ2) is 5.67. The van der Waals surface area contributed by atoms with Crippen molar-refractivity contribution in [3.05, 3.63) is 0 Å². The molecule has 0 spiro atoms. The molecule has 0 N–H and O–H groups in total. The Labute approximate surface area is 99.1 Å². The summed E-state index contributed by atoms with van der Waals surface area (Å²) in [5.74, 6) is -0.102. The molecule has 94 valence electrons. The van der Waals surface area contributed by atoms with Crippen molar-refractivity contribution in [3.8, 4) is 0 Å². The van der Waals surface area contributed by atoms with Gasteiger partial charge in [0.25, 0.3) is 0 Å². The van der Waals surface area contributed by atoms with Crippen molar-refractivity contribution in [1.82, 2.24) is 4.90 Å². The van der Waals surface area contributed by atoms with Gasteiger partial charge in [-0.15, -0.1) is 0 Å². The zero-order valence-electron chi connectivity index (χ0n) is 11.1. The van der Waals surface area contributed by atoms with Gasteiger partial charge in [0.05, 0.1) is 13.2 Å². The maximum absolute atomic E-state index is 11.4. The van der Waals surface area contributed by atoms with Gasteiger partial charge >= 0.3 is 5.97 Å². The van der Waals surface area contributed by atoms with E-state index < -0.39 is 0 Å². The van der Waals surface area contributed by atoms with Crippen LogP contribution in [0.1, 0.15) is 46.5 Å². The molecule has 1 aliphatic carbocycles. The summed E-state index contributed by atoms with van der Waals surface area (Å²) >= 11 is 0. The standard InChI is InChI=1S/C13H25NO2/c1-5-16-12(15)10-14(4)11-6-8-13(2,3)9-7-11/h11H,5-10H2,1-4H3. The third-order valence-corrected chi connectivity index (χ3v) is 3.62. The van der Waals surface area contributed by atoms with Gasteiger partial charge in [0.1, 0.15) is 0 Å². The van der Waals surface area contributed by atoms with Crippen LogP contribution >= 0.6 is 0 Å². The number of hydrogen-bond donors (Lipinski definition) is 0. The molecule has 0 atom stereocenters. The number of likely N-dealkylation sites (N-methyl/N-ethyl adjacent to an activating group) is 1. The highest BCUT2D eigenvalue weighted by molar-refractivity contribution is 5.71. The maximum Gasteiger partial charge on any atom is 0.320 e. The lowest BCUT2D eigenvalue weighted by atomic mass is 9.75. The fourth-order valence-electron chi connectivity index (χ4n) is 2.36. The van der Waals surface area contributed by atoms with Gasteiger partial charge < -0.3 is 4.74 Å². The van der Waals surface area contributed by atoms with E-state index in [1.807, 2.05) is 14.0 Å². The zero-order chi connectivity index (χ0) is 12.2. The fraction of sp³-hybridized carbons (Fsp3) is 0.923. The lowest BCUT2D eigenvalue weighted by Gasteiger charge is -2.38. The third-order valence-electron chi connectivity index (χ3n) is 3.62. The first-order valence-electron chi connectivity index (χ1n) is 6.30. The van der Waals surface area contributed by atoms with Gasteiger partial charge in [0, 0.05) is 6.04 Å². The second-order valence-electron chi connectivity index (χ2n) is 5.62. The number of hydrogen-bond acceptors (Lipinski definition) is 3. The number of esters is 1. The molecule has 1 aliphatic rings. The average molecular weight is 227 g/mol. The first kappa shape index (κ1) is 13.5. The van der Waals surface area contributed by atoms with E-state index in [-0.39, 0.29) is 5.97 Å². The topological polar surface area (TPSA) is 29.5 Å². The van der Waals surface area contributed by atoms with Crippen LogP contribution in [0.5, 0.6) is 0 Å². The molecule has 1 fully saturated rings. The van der Waals surface area contributed by atoms with Crippen LogP contribution in [0, 0.1) is 5.41 Å². The van der Waals surface area contributed by atoms with Crippen LogP contribution in [-0.4, -0.2) is 37.1 Å². The van der Waals surface area contributed by atoms with Crippen LogP contribution in [0.4, 0.5) is 0 Å².